The van der Waals surface area contributed by atoms with Crippen molar-refractivity contribution in [2.75, 3.05) is 11.1 Å². The number of nitrogens with one attached hydrogen (secondary N) is 2. The highest BCUT2D eigenvalue weighted by Gasteiger charge is 2.42. The molecular formula is C27H36ClN3O5S. The first-order valence-corrected chi connectivity index (χ1v) is 12.8. The molecule has 37 heavy (non-hydrogen) atoms. The number of alkyl carbamates (subject to hydrolysis) is 1. The monoisotopic (exact) mass is 549 g/mol. The first-order valence-electron chi connectivity index (χ1n) is 11.8. The van der Waals surface area contributed by atoms with E-state index in [4.69, 9.17) is 16.3 Å². The third-order valence-corrected chi connectivity index (χ3v) is 6.02. The molecule has 2 rings (SSSR count). The molecule has 0 bridgehead atoms. The van der Waals surface area contributed by atoms with Crippen molar-refractivity contribution in [3.05, 3.63) is 58.6 Å². The molecule has 2 atom stereocenters. The lowest BCUT2D eigenvalue weighted by atomic mass is 9.95. The molecule has 2 aromatic carbocycles. The van der Waals surface area contributed by atoms with Gasteiger partial charge in [-0.3, -0.25) is 9.59 Å². The molecule has 2 unspecified atom stereocenters. The Bertz CT molecular complexity index is 1120. The molecule has 3 N–H and O–H groups in total. The summed E-state index contributed by atoms with van der Waals surface area (Å²) in [4.78, 5) is 41.6. The van der Waals surface area contributed by atoms with Crippen molar-refractivity contribution in [1.29, 1.82) is 0 Å². The van der Waals surface area contributed by atoms with Crippen molar-refractivity contribution >= 4 is 47.8 Å². The Labute approximate surface area is 229 Å². The number of benzene rings is 2. The average molecular weight is 550 g/mol. The summed E-state index contributed by atoms with van der Waals surface area (Å²) in [5, 5.41) is 16.4. The number of ether oxygens (including phenoxy) is 1. The molecule has 0 heterocycles. The molecular weight excluding hydrogens is 514 g/mol. The fourth-order valence-corrected chi connectivity index (χ4v) is 4.26. The van der Waals surface area contributed by atoms with Gasteiger partial charge in [0.15, 0.2) is 0 Å². The Balaban J connectivity index is 2.59. The molecule has 0 aliphatic carbocycles. The topological polar surface area (TPSA) is 108 Å². The number of hydrogen-bond donors (Lipinski definition) is 4. The smallest absolute Gasteiger partial charge is 0.408 e. The molecule has 202 valence electrons. The van der Waals surface area contributed by atoms with Gasteiger partial charge in [0, 0.05) is 16.9 Å². The van der Waals surface area contributed by atoms with Crippen LogP contribution in [-0.4, -0.2) is 50.8 Å². The van der Waals surface area contributed by atoms with E-state index in [1.54, 1.807) is 84.9 Å². The standard InChI is InChI=1S/C27H36ClN3O5S/c1-16-11-10-13-18(28)21(16)30-23(33)22(17-12-8-9-14-20(17)32)31(26(2,3)4)24(34)19(15-37)29-25(35)36-27(5,6)7/h8-14,19,22,32,37H,15H2,1-7H3,(H,29,35)(H,30,33). The SMILES string of the molecule is Cc1cccc(Cl)c1NC(=O)C(c1ccccc1O)N(C(=O)C(CS)NC(=O)OC(C)(C)C)C(C)(C)C. The summed E-state index contributed by atoms with van der Waals surface area (Å²) >= 11 is 10.6. The number of phenols is 1. The van der Waals surface area contributed by atoms with Crippen molar-refractivity contribution in [3.63, 3.8) is 0 Å². The van der Waals surface area contributed by atoms with Crippen molar-refractivity contribution in [2.24, 2.45) is 0 Å². The number of aryl methyl sites for hydroxylation is 1. The number of halogens is 1. The lowest BCUT2D eigenvalue weighted by molar-refractivity contribution is -0.146. The summed E-state index contributed by atoms with van der Waals surface area (Å²) in [5.41, 5.74) is -0.362. The minimum atomic E-state index is -1.27. The lowest BCUT2D eigenvalue weighted by Gasteiger charge is -2.43. The Kier molecular flexibility index (Phi) is 9.91. The van der Waals surface area contributed by atoms with Gasteiger partial charge >= 0.3 is 6.09 Å². The number of para-hydroxylation sites is 2. The van der Waals surface area contributed by atoms with Crippen molar-refractivity contribution in [2.45, 2.75) is 71.7 Å². The number of thiol groups is 1. The second-order valence-corrected chi connectivity index (χ2v) is 11.4. The van der Waals surface area contributed by atoms with Gasteiger partial charge in [0.2, 0.25) is 5.91 Å². The molecule has 0 saturated heterocycles. The van der Waals surface area contributed by atoms with Gasteiger partial charge in [-0.15, -0.1) is 0 Å². The normalized spacial score (nSPS) is 13.3. The van der Waals surface area contributed by atoms with Crippen molar-refractivity contribution < 1.29 is 24.2 Å². The minimum absolute atomic E-state index is 0.0522. The van der Waals surface area contributed by atoms with Crippen LogP contribution in [0.4, 0.5) is 10.5 Å². The van der Waals surface area contributed by atoms with E-state index in [1.807, 2.05) is 0 Å². The number of anilines is 1. The molecule has 0 fully saturated rings. The van der Waals surface area contributed by atoms with Gasteiger partial charge in [-0.2, -0.15) is 12.6 Å². The summed E-state index contributed by atoms with van der Waals surface area (Å²) < 4.78 is 5.31. The maximum Gasteiger partial charge on any atom is 0.408 e. The molecule has 0 aliphatic heterocycles. The average Bonchev–Trinajstić information content (AvgIpc) is 2.76. The first kappa shape index (κ1) is 30.3. The Morgan fingerprint density at radius 2 is 1.68 bits per heavy atom. The summed E-state index contributed by atoms with van der Waals surface area (Å²) in [6.45, 7) is 12.2. The van der Waals surface area contributed by atoms with E-state index in [-0.39, 0.29) is 17.1 Å². The predicted molar refractivity (Wildman–Crippen MR) is 149 cm³/mol. The second kappa shape index (κ2) is 12.1. The Hall–Kier alpha value is -2.91. The first-order chi connectivity index (χ1) is 17.1. The fourth-order valence-electron chi connectivity index (χ4n) is 3.75. The number of rotatable bonds is 7. The van der Waals surface area contributed by atoms with Gasteiger partial charge in [0.25, 0.3) is 5.91 Å². The van der Waals surface area contributed by atoms with Crippen molar-refractivity contribution in [3.8, 4) is 5.75 Å². The quantitative estimate of drug-likeness (QED) is 0.342. The lowest BCUT2D eigenvalue weighted by Crippen LogP contribution is -2.58. The zero-order valence-corrected chi connectivity index (χ0v) is 23.9. The highest BCUT2D eigenvalue weighted by molar-refractivity contribution is 7.80. The molecule has 0 aliphatic rings. The van der Waals surface area contributed by atoms with Gasteiger partial charge in [-0.1, -0.05) is 41.9 Å². The van der Waals surface area contributed by atoms with Crippen LogP contribution in [0, 0.1) is 6.92 Å². The Morgan fingerprint density at radius 1 is 1.05 bits per heavy atom. The van der Waals surface area contributed by atoms with Crippen LogP contribution in [0.1, 0.15) is 58.7 Å². The van der Waals surface area contributed by atoms with Gasteiger partial charge < -0.3 is 25.4 Å². The molecule has 0 saturated carbocycles. The largest absolute Gasteiger partial charge is 0.508 e. The maximum atomic E-state index is 14.0. The molecule has 0 aromatic heterocycles. The van der Waals surface area contributed by atoms with Crippen LogP contribution in [-0.2, 0) is 14.3 Å². The summed E-state index contributed by atoms with van der Waals surface area (Å²) in [7, 11) is 0. The fraction of sp³-hybridized carbons (Fsp3) is 0.444. The number of aromatic hydroxyl groups is 1. The third kappa shape index (κ3) is 8.04. The molecule has 10 heteroatoms. The van der Waals surface area contributed by atoms with Crippen LogP contribution < -0.4 is 10.6 Å². The van der Waals surface area contributed by atoms with E-state index in [0.717, 1.165) is 5.56 Å². The van der Waals surface area contributed by atoms with E-state index in [9.17, 15) is 19.5 Å². The van der Waals surface area contributed by atoms with Crippen LogP contribution in [0.5, 0.6) is 5.75 Å². The van der Waals surface area contributed by atoms with E-state index < -0.39 is 41.1 Å². The number of phenolic OH excluding ortho intramolecular Hbond substituents is 1. The zero-order valence-electron chi connectivity index (χ0n) is 22.3. The maximum absolute atomic E-state index is 14.0. The highest BCUT2D eigenvalue weighted by atomic mass is 35.5. The number of carbonyl (C=O) groups excluding carboxylic acids is 3. The molecule has 0 radical (unpaired) electrons. The van der Waals surface area contributed by atoms with Crippen LogP contribution >= 0.6 is 24.2 Å². The van der Waals surface area contributed by atoms with Crippen LogP contribution in [0.15, 0.2) is 42.5 Å². The van der Waals surface area contributed by atoms with Crippen LogP contribution in [0.2, 0.25) is 5.02 Å². The molecule has 3 amide bonds. The van der Waals surface area contributed by atoms with E-state index in [1.165, 1.54) is 11.0 Å². The van der Waals surface area contributed by atoms with E-state index >= 15 is 0 Å². The Morgan fingerprint density at radius 3 is 2.19 bits per heavy atom. The summed E-state index contributed by atoms with van der Waals surface area (Å²) in [5.74, 6) is -1.38. The van der Waals surface area contributed by atoms with E-state index in [0.29, 0.717) is 10.7 Å². The molecule has 2 aromatic rings. The number of hydrogen-bond acceptors (Lipinski definition) is 6. The number of carbonyl (C=O) groups is 3. The second-order valence-electron chi connectivity index (χ2n) is 10.6. The van der Waals surface area contributed by atoms with Crippen molar-refractivity contribution in [1.82, 2.24) is 10.2 Å². The van der Waals surface area contributed by atoms with Crippen LogP contribution in [0.25, 0.3) is 0 Å². The van der Waals surface area contributed by atoms with E-state index in [2.05, 4.69) is 23.3 Å². The van der Waals surface area contributed by atoms with Gasteiger partial charge in [-0.25, -0.2) is 4.79 Å². The highest BCUT2D eigenvalue weighted by Crippen LogP contribution is 2.36. The zero-order chi connectivity index (χ0) is 28.1. The van der Waals surface area contributed by atoms with Crippen LogP contribution in [0.3, 0.4) is 0 Å². The van der Waals surface area contributed by atoms with Gasteiger partial charge in [0.1, 0.15) is 23.4 Å². The number of nitrogens with zero attached hydrogens (tertiary/aromatic N) is 1. The van der Waals surface area contributed by atoms with Gasteiger partial charge in [0.05, 0.1) is 10.7 Å². The van der Waals surface area contributed by atoms with Gasteiger partial charge in [-0.05, 0) is 66.2 Å². The third-order valence-electron chi connectivity index (χ3n) is 5.34. The number of amides is 3. The molecule has 0 spiro atoms. The minimum Gasteiger partial charge on any atom is -0.508 e. The predicted octanol–water partition coefficient (Wildman–Crippen LogP) is 5.48. The molecule has 8 nitrogen and oxygen atoms in total. The summed E-state index contributed by atoms with van der Waals surface area (Å²) in [6.07, 6.45) is -0.788. The summed E-state index contributed by atoms with van der Waals surface area (Å²) in [6, 6.07) is 9.12.